The van der Waals surface area contributed by atoms with Crippen LogP contribution in [0.5, 0.6) is 0 Å². The molecular formula is C15H29IN4O. The number of hydrogen-bond acceptors (Lipinski definition) is 2. The van der Waals surface area contributed by atoms with Crippen molar-refractivity contribution < 1.29 is 4.79 Å². The van der Waals surface area contributed by atoms with E-state index in [2.05, 4.69) is 29.1 Å². The van der Waals surface area contributed by atoms with Crippen LogP contribution in [0.25, 0.3) is 0 Å². The van der Waals surface area contributed by atoms with Crippen molar-refractivity contribution in [3.05, 3.63) is 12.7 Å². The van der Waals surface area contributed by atoms with Crippen LogP contribution in [0.4, 0.5) is 0 Å². The third-order valence-electron chi connectivity index (χ3n) is 4.08. The van der Waals surface area contributed by atoms with Gasteiger partial charge in [-0.1, -0.05) is 19.4 Å². The number of aliphatic imine (C=N–C) groups is 1. The molecule has 2 N–H and O–H groups in total. The van der Waals surface area contributed by atoms with Crippen molar-refractivity contribution in [2.45, 2.75) is 32.6 Å². The van der Waals surface area contributed by atoms with Gasteiger partial charge < -0.3 is 15.5 Å². The number of carbonyl (C=O) groups excluding carboxylic acids is 1. The van der Waals surface area contributed by atoms with E-state index in [1.807, 2.05) is 0 Å². The number of hydrogen-bond donors (Lipinski definition) is 2. The number of likely N-dealkylation sites (N-methyl/N-ethyl adjacent to an activating group) is 1. The topological polar surface area (TPSA) is 56.7 Å². The number of guanidine groups is 1. The second-order valence-corrected chi connectivity index (χ2v) is 5.68. The summed E-state index contributed by atoms with van der Waals surface area (Å²) in [5.41, 5.74) is 0.419. The molecule has 0 unspecified atom stereocenters. The van der Waals surface area contributed by atoms with Crippen molar-refractivity contribution >= 4 is 35.8 Å². The smallest absolute Gasteiger partial charge is 0.243 e. The fourth-order valence-electron chi connectivity index (χ4n) is 2.23. The molecule has 1 aliphatic carbocycles. The van der Waals surface area contributed by atoms with Crippen molar-refractivity contribution in [1.82, 2.24) is 15.5 Å². The van der Waals surface area contributed by atoms with Gasteiger partial charge in [0.2, 0.25) is 5.91 Å². The fourth-order valence-corrected chi connectivity index (χ4v) is 2.23. The SMILES string of the molecule is C=CCNC(=NCC(=O)N(C)C)NCC1(CC)CCC1.I. The van der Waals surface area contributed by atoms with Crippen LogP contribution in [-0.2, 0) is 4.79 Å². The zero-order chi connectivity index (χ0) is 15.0. The molecule has 0 aromatic rings. The Labute approximate surface area is 145 Å². The highest BCUT2D eigenvalue weighted by atomic mass is 127. The van der Waals surface area contributed by atoms with E-state index in [9.17, 15) is 4.79 Å². The maximum absolute atomic E-state index is 11.6. The van der Waals surface area contributed by atoms with Gasteiger partial charge in [-0.2, -0.15) is 0 Å². The highest BCUT2D eigenvalue weighted by Crippen LogP contribution is 2.42. The van der Waals surface area contributed by atoms with Crippen molar-refractivity contribution in [2.75, 3.05) is 33.7 Å². The number of nitrogens with zero attached hydrogens (tertiary/aromatic N) is 2. The van der Waals surface area contributed by atoms with Crippen LogP contribution in [0.1, 0.15) is 32.6 Å². The second-order valence-electron chi connectivity index (χ2n) is 5.68. The van der Waals surface area contributed by atoms with Gasteiger partial charge in [0.05, 0.1) is 0 Å². The Morgan fingerprint density at radius 3 is 2.48 bits per heavy atom. The van der Waals surface area contributed by atoms with Crippen molar-refractivity contribution in [1.29, 1.82) is 0 Å². The van der Waals surface area contributed by atoms with E-state index in [-0.39, 0.29) is 36.4 Å². The van der Waals surface area contributed by atoms with Crippen molar-refractivity contribution in [2.24, 2.45) is 10.4 Å². The summed E-state index contributed by atoms with van der Waals surface area (Å²) < 4.78 is 0. The summed E-state index contributed by atoms with van der Waals surface area (Å²) in [6.45, 7) is 7.65. The summed E-state index contributed by atoms with van der Waals surface area (Å²) >= 11 is 0. The molecule has 6 heteroatoms. The highest BCUT2D eigenvalue weighted by Gasteiger charge is 2.34. The predicted molar refractivity (Wildman–Crippen MR) is 99.2 cm³/mol. The number of halogens is 1. The fraction of sp³-hybridized carbons (Fsp3) is 0.733. The maximum Gasteiger partial charge on any atom is 0.243 e. The molecule has 5 nitrogen and oxygen atoms in total. The van der Waals surface area contributed by atoms with Gasteiger partial charge in [-0.15, -0.1) is 30.6 Å². The molecule has 0 heterocycles. The van der Waals surface area contributed by atoms with Gasteiger partial charge in [-0.25, -0.2) is 4.99 Å². The molecule has 0 aromatic carbocycles. The van der Waals surface area contributed by atoms with Gasteiger partial charge in [0.1, 0.15) is 6.54 Å². The molecule has 1 rings (SSSR count). The first kappa shape index (κ1) is 20.2. The van der Waals surface area contributed by atoms with E-state index in [1.54, 1.807) is 25.1 Å². The quantitative estimate of drug-likeness (QED) is 0.293. The van der Waals surface area contributed by atoms with E-state index in [0.717, 1.165) is 6.54 Å². The molecular weight excluding hydrogens is 379 g/mol. The van der Waals surface area contributed by atoms with Crippen molar-refractivity contribution in [3.8, 4) is 0 Å². The van der Waals surface area contributed by atoms with Crippen LogP contribution in [-0.4, -0.2) is 50.5 Å². The zero-order valence-corrected chi connectivity index (χ0v) is 15.8. The lowest BCUT2D eigenvalue weighted by Crippen LogP contribution is -2.46. The molecule has 0 atom stereocenters. The maximum atomic E-state index is 11.6. The molecule has 0 saturated heterocycles. The first-order valence-corrected chi connectivity index (χ1v) is 7.36. The molecule has 1 amide bonds. The number of nitrogens with one attached hydrogen (secondary N) is 2. The molecule has 0 spiro atoms. The van der Waals surface area contributed by atoms with E-state index in [0.29, 0.717) is 17.9 Å². The minimum absolute atomic E-state index is 0. The molecule has 0 bridgehead atoms. The molecule has 1 aliphatic rings. The molecule has 1 saturated carbocycles. The Balaban J connectivity index is 0.00000400. The van der Waals surface area contributed by atoms with Crippen LogP contribution in [0.2, 0.25) is 0 Å². The van der Waals surface area contributed by atoms with Crippen molar-refractivity contribution in [3.63, 3.8) is 0 Å². The van der Waals surface area contributed by atoms with E-state index in [4.69, 9.17) is 0 Å². The van der Waals surface area contributed by atoms with E-state index in [1.165, 1.54) is 25.7 Å². The van der Waals surface area contributed by atoms with Gasteiger partial charge in [0.25, 0.3) is 0 Å². The van der Waals surface area contributed by atoms with Gasteiger partial charge in [-0.05, 0) is 24.7 Å². The van der Waals surface area contributed by atoms with Crippen LogP contribution in [0.3, 0.4) is 0 Å². The monoisotopic (exact) mass is 408 g/mol. The average molecular weight is 408 g/mol. The minimum Gasteiger partial charge on any atom is -0.356 e. The lowest BCUT2D eigenvalue weighted by atomic mass is 9.67. The first-order valence-electron chi connectivity index (χ1n) is 7.36. The summed E-state index contributed by atoms with van der Waals surface area (Å²) in [7, 11) is 3.48. The zero-order valence-electron chi connectivity index (χ0n) is 13.4. The van der Waals surface area contributed by atoms with Crippen LogP contribution >= 0.6 is 24.0 Å². The Hall–Kier alpha value is -0.790. The van der Waals surface area contributed by atoms with Gasteiger partial charge in [0, 0.05) is 27.2 Å². The summed E-state index contributed by atoms with van der Waals surface area (Å²) in [6.07, 6.45) is 6.85. The Kier molecular flexibility index (Phi) is 9.65. The van der Waals surface area contributed by atoms with Gasteiger partial charge >= 0.3 is 0 Å². The standard InChI is InChI=1S/C15H28N4O.HI/c1-5-10-16-14(17-11-13(20)19(3)4)18-12-15(6-2)8-7-9-15;/h5H,1,6-12H2,2-4H3,(H2,16,17,18);1H. The number of amides is 1. The molecule has 0 aromatic heterocycles. The predicted octanol–water partition coefficient (Wildman–Crippen LogP) is 1.99. The Morgan fingerprint density at radius 1 is 1.38 bits per heavy atom. The molecule has 21 heavy (non-hydrogen) atoms. The summed E-state index contributed by atoms with van der Waals surface area (Å²) in [5.74, 6) is 0.693. The second kappa shape index (κ2) is 10.0. The van der Waals surface area contributed by atoms with E-state index < -0.39 is 0 Å². The van der Waals surface area contributed by atoms with E-state index >= 15 is 0 Å². The molecule has 122 valence electrons. The third kappa shape index (κ3) is 6.67. The minimum atomic E-state index is -0.00134. The van der Waals surface area contributed by atoms with Gasteiger partial charge in [0.15, 0.2) is 5.96 Å². The first-order chi connectivity index (χ1) is 9.53. The van der Waals surface area contributed by atoms with Crippen LogP contribution in [0, 0.1) is 5.41 Å². The summed E-state index contributed by atoms with van der Waals surface area (Å²) in [5, 5.41) is 6.52. The number of carbonyl (C=O) groups is 1. The van der Waals surface area contributed by atoms with Crippen LogP contribution in [0.15, 0.2) is 17.6 Å². The Morgan fingerprint density at radius 2 is 2.05 bits per heavy atom. The summed E-state index contributed by atoms with van der Waals surface area (Å²) in [6, 6.07) is 0. The molecule has 0 aliphatic heterocycles. The average Bonchev–Trinajstić information content (AvgIpc) is 2.39. The lowest BCUT2D eigenvalue weighted by molar-refractivity contribution is -0.127. The number of rotatable bonds is 7. The van der Waals surface area contributed by atoms with Crippen LogP contribution < -0.4 is 10.6 Å². The molecule has 1 fully saturated rings. The lowest BCUT2D eigenvalue weighted by Gasteiger charge is -2.41. The molecule has 0 radical (unpaired) electrons. The highest BCUT2D eigenvalue weighted by molar-refractivity contribution is 14.0. The van der Waals surface area contributed by atoms with Gasteiger partial charge in [-0.3, -0.25) is 4.79 Å². The normalized spacial score (nSPS) is 16.2. The summed E-state index contributed by atoms with van der Waals surface area (Å²) in [4.78, 5) is 17.5. The largest absolute Gasteiger partial charge is 0.356 e. The Bertz CT molecular complexity index is 359. The third-order valence-corrected chi connectivity index (χ3v) is 4.08.